The van der Waals surface area contributed by atoms with Crippen molar-refractivity contribution in [3.8, 4) is 0 Å². The summed E-state index contributed by atoms with van der Waals surface area (Å²) in [5.74, 6) is -0.104. The van der Waals surface area contributed by atoms with Crippen LogP contribution < -0.4 is 0 Å². The first kappa shape index (κ1) is 13.5. The number of hydrogen-bond acceptors (Lipinski definition) is 3. The first-order valence-corrected chi connectivity index (χ1v) is 5.55. The molecule has 3 nitrogen and oxygen atoms in total. The molecule has 1 atom stereocenters. The molecule has 17 heavy (non-hydrogen) atoms. The second kappa shape index (κ2) is 5.64. The third kappa shape index (κ3) is 3.17. The Balaban J connectivity index is 3.22. The Hall–Kier alpha value is -1.61. The molecule has 0 fully saturated rings. The van der Waals surface area contributed by atoms with Gasteiger partial charge in [0, 0.05) is 5.57 Å². The van der Waals surface area contributed by atoms with Crippen molar-refractivity contribution in [2.24, 2.45) is 0 Å². The van der Waals surface area contributed by atoms with E-state index < -0.39 is 6.10 Å². The zero-order valence-corrected chi connectivity index (χ0v) is 10.4. The maximum Gasteiger partial charge on any atom is 0.154 e. The highest BCUT2D eigenvalue weighted by Gasteiger charge is 2.19. The summed E-state index contributed by atoms with van der Waals surface area (Å²) in [5, 5.41) is 19.9. The number of carbonyl (C=O) groups is 1. The van der Waals surface area contributed by atoms with E-state index >= 15 is 0 Å². The fourth-order valence-corrected chi connectivity index (χ4v) is 1.62. The van der Waals surface area contributed by atoms with Gasteiger partial charge in [0.1, 0.15) is 5.76 Å². The number of aliphatic hydroxyl groups is 2. The van der Waals surface area contributed by atoms with Crippen molar-refractivity contribution in [1.82, 2.24) is 0 Å². The van der Waals surface area contributed by atoms with Crippen molar-refractivity contribution in [2.75, 3.05) is 0 Å². The molecule has 1 aliphatic carbocycles. The molecule has 0 bridgehead atoms. The van der Waals surface area contributed by atoms with Gasteiger partial charge in [-0.25, -0.2) is 0 Å². The van der Waals surface area contributed by atoms with Crippen LogP contribution in [0, 0.1) is 0 Å². The molecule has 3 heteroatoms. The van der Waals surface area contributed by atoms with Gasteiger partial charge in [-0.15, -0.1) is 0 Å². The maximum atomic E-state index is 10.9. The highest BCUT2D eigenvalue weighted by Crippen LogP contribution is 2.25. The van der Waals surface area contributed by atoms with Crippen LogP contribution >= 0.6 is 0 Å². The van der Waals surface area contributed by atoms with Gasteiger partial charge >= 0.3 is 0 Å². The predicted octanol–water partition coefficient (Wildman–Crippen LogP) is 2.60. The summed E-state index contributed by atoms with van der Waals surface area (Å²) in [7, 11) is 0. The smallest absolute Gasteiger partial charge is 0.154 e. The molecule has 1 unspecified atom stereocenters. The molecule has 0 aromatic heterocycles. The molecule has 1 rings (SSSR count). The van der Waals surface area contributed by atoms with Gasteiger partial charge < -0.3 is 10.2 Å². The van der Waals surface area contributed by atoms with Crippen LogP contribution in [0.1, 0.15) is 27.2 Å². The lowest BCUT2D eigenvalue weighted by Crippen LogP contribution is -2.09. The topological polar surface area (TPSA) is 57.5 Å². The van der Waals surface area contributed by atoms with Crippen molar-refractivity contribution in [3.05, 3.63) is 46.3 Å². The van der Waals surface area contributed by atoms with Crippen LogP contribution in [-0.4, -0.2) is 22.6 Å². The lowest BCUT2D eigenvalue weighted by molar-refractivity contribution is -0.104. The van der Waals surface area contributed by atoms with Crippen molar-refractivity contribution in [1.29, 1.82) is 0 Å². The van der Waals surface area contributed by atoms with Gasteiger partial charge in [0.2, 0.25) is 0 Å². The monoisotopic (exact) mass is 234 g/mol. The zero-order chi connectivity index (χ0) is 13.0. The molecule has 0 aromatic rings. The Morgan fingerprint density at radius 3 is 2.65 bits per heavy atom. The minimum Gasteiger partial charge on any atom is -0.507 e. The Morgan fingerprint density at radius 2 is 2.12 bits per heavy atom. The van der Waals surface area contributed by atoms with Gasteiger partial charge in [-0.3, -0.25) is 4.79 Å². The van der Waals surface area contributed by atoms with Gasteiger partial charge in [0.25, 0.3) is 0 Å². The fourth-order valence-electron chi connectivity index (χ4n) is 1.62. The van der Waals surface area contributed by atoms with E-state index in [1.165, 1.54) is 0 Å². The average molecular weight is 234 g/mol. The molecule has 2 N–H and O–H groups in total. The number of aldehydes is 1. The van der Waals surface area contributed by atoms with Crippen LogP contribution in [0.5, 0.6) is 0 Å². The first-order valence-electron chi connectivity index (χ1n) is 5.55. The van der Waals surface area contributed by atoms with Gasteiger partial charge in [0.15, 0.2) is 6.29 Å². The van der Waals surface area contributed by atoms with Crippen LogP contribution in [0.3, 0.4) is 0 Å². The molecule has 1 aliphatic rings. The molecule has 0 aliphatic heterocycles. The van der Waals surface area contributed by atoms with Crippen molar-refractivity contribution in [2.45, 2.75) is 33.3 Å². The zero-order valence-electron chi connectivity index (χ0n) is 10.4. The Bertz CT molecular complexity index is 432. The van der Waals surface area contributed by atoms with E-state index in [0.29, 0.717) is 23.9 Å². The third-order valence-electron chi connectivity index (χ3n) is 2.72. The minimum absolute atomic E-state index is 0.104. The molecular weight excluding hydrogens is 216 g/mol. The molecule has 0 amide bonds. The third-order valence-corrected chi connectivity index (χ3v) is 2.72. The van der Waals surface area contributed by atoms with Crippen LogP contribution in [0.25, 0.3) is 0 Å². The standard InChI is InChI=1S/C14H18O3/c1-9(2)4-6-11-13(16)7-5-10(3)12(8-15)14(11)17/h4-5,7-8,13,16-17H,6H2,1-3H3. The van der Waals surface area contributed by atoms with Gasteiger partial charge in [-0.1, -0.05) is 23.8 Å². The molecule has 0 aromatic carbocycles. The molecule has 0 radical (unpaired) electrons. The van der Waals surface area contributed by atoms with Gasteiger partial charge in [-0.05, 0) is 32.8 Å². The molecule has 0 saturated carbocycles. The Morgan fingerprint density at radius 1 is 1.47 bits per heavy atom. The van der Waals surface area contributed by atoms with Crippen molar-refractivity contribution in [3.63, 3.8) is 0 Å². The van der Waals surface area contributed by atoms with Gasteiger partial charge in [0.05, 0.1) is 11.7 Å². The number of carbonyl (C=O) groups excluding carboxylic acids is 1. The summed E-state index contributed by atoms with van der Waals surface area (Å²) < 4.78 is 0. The summed E-state index contributed by atoms with van der Waals surface area (Å²) in [6.07, 6.45) is 5.35. The van der Waals surface area contributed by atoms with Crippen molar-refractivity contribution >= 4 is 6.29 Å². The SMILES string of the molecule is CC(C)=CCC1=C(O)C(C=O)=C(C)C=CC1O. The van der Waals surface area contributed by atoms with E-state index in [1.54, 1.807) is 19.1 Å². The first-order chi connectivity index (χ1) is 7.97. The summed E-state index contributed by atoms with van der Waals surface area (Å²) in [6.45, 7) is 5.61. The summed E-state index contributed by atoms with van der Waals surface area (Å²) in [4.78, 5) is 10.9. The predicted molar refractivity (Wildman–Crippen MR) is 67.6 cm³/mol. The Kier molecular flexibility index (Phi) is 4.46. The van der Waals surface area contributed by atoms with E-state index in [4.69, 9.17) is 0 Å². The molecular formula is C14H18O3. The minimum atomic E-state index is -0.849. The largest absolute Gasteiger partial charge is 0.507 e. The van der Waals surface area contributed by atoms with E-state index in [2.05, 4.69) is 0 Å². The summed E-state index contributed by atoms with van der Waals surface area (Å²) in [5.41, 5.74) is 2.46. The average Bonchev–Trinajstić information content (AvgIpc) is 2.35. The molecule has 0 spiro atoms. The molecule has 92 valence electrons. The van der Waals surface area contributed by atoms with Gasteiger partial charge in [-0.2, -0.15) is 0 Å². The second-order valence-corrected chi connectivity index (χ2v) is 4.38. The number of allylic oxidation sites excluding steroid dienone is 5. The quantitative estimate of drug-likeness (QED) is 0.583. The van der Waals surface area contributed by atoms with E-state index in [1.807, 2.05) is 19.9 Å². The van der Waals surface area contributed by atoms with Crippen LogP contribution in [0.2, 0.25) is 0 Å². The molecule has 0 heterocycles. The van der Waals surface area contributed by atoms with Crippen molar-refractivity contribution < 1.29 is 15.0 Å². The normalized spacial score (nSPS) is 20.4. The Labute approximate surface area is 101 Å². The van der Waals surface area contributed by atoms with Crippen LogP contribution in [-0.2, 0) is 4.79 Å². The molecule has 0 saturated heterocycles. The number of rotatable bonds is 3. The highest BCUT2D eigenvalue weighted by atomic mass is 16.3. The van der Waals surface area contributed by atoms with Crippen LogP contribution in [0.15, 0.2) is 46.3 Å². The lowest BCUT2D eigenvalue weighted by Gasteiger charge is -2.11. The van der Waals surface area contributed by atoms with Crippen LogP contribution in [0.4, 0.5) is 0 Å². The number of hydrogen-bond donors (Lipinski definition) is 2. The maximum absolute atomic E-state index is 10.9. The van der Waals surface area contributed by atoms with E-state index in [9.17, 15) is 15.0 Å². The fraction of sp³-hybridized carbons (Fsp3) is 0.357. The summed E-state index contributed by atoms with van der Waals surface area (Å²) in [6, 6.07) is 0. The summed E-state index contributed by atoms with van der Waals surface area (Å²) >= 11 is 0. The number of aliphatic hydroxyl groups excluding tert-OH is 2. The second-order valence-electron chi connectivity index (χ2n) is 4.38. The lowest BCUT2D eigenvalue weighted by atomic mass is 10.0. The van der Waals surface area contributed by atoms with E-state index in [-0.39, 0.29) is 11.3 Å². The van der Waals surface area contributed by atoms with E-state index in [0.717, 1.165) is 5.57 Å². The highest BCUT2D eigenvalue weighted by molar-refractivity contribution is 5.82.